The summed E-state index contributed by atoms with van der Waals surface area (Å²) < 4.78 is 0. The third-order valence-electron chi connectivity index (χ3n) is 4.05. The van der Waals surface area contributed by atoms with Crippen LogP contribution in [0.25, 0.3) is 0 Å². The second-order valence-electron chi connectivity index (χ2n) is 6.08. The monoisotopic (exact) mass is 291 g/mol. The largest absolute Gasteiger partial charge is 0.397 e. The molecule has 1 aliphatic heterocycles. The second-order valence-corrected chi connectivity index (χ2v) is 6.08. The molecule has 116 valence electrons. The van der Waals surface area contributed by atoms with E-state index in [0.29, 0.717) is 17.8 Å². The number of hydrogen-bond donors (Lipinski definition) is 3. The molecule has 5 heteroatoms. The maximum absolute atomic E-state index is 11.9. The third kappa shape index (κ3) is 5.02. The molecule has 21 heavy (non-hydrogen) atoms. The van der Waals surface area contributed by atoms with Gasteiger partial charge in [0.05, 0.1) is 17.0 Å². The molecule has 0 aromatic heterocycles. The molecule has 0 radical (unpaired) electrons. The SMILES string of the molecule is CC1(O)CCN(CCCC(=O)Nc2ccccc2N)CC1. The minimum atomic E-state index is -0.515. The van der Waals surface area contributed by atoms with Crippen molar-refractivity contribution in [3.05, 3.63) is 24.3 Å². The molecule has 1 amide bonds. The average molecular weight is 291 g/mol. The molecule has 1 aliphatic rings. The fraction of sp³-hybridized carbons (Fsp3) is 0.562. The van der Waals surface area contributed by atoms with E-state index in [0.717, 1.165) is 38.9 Å². The molecule has 0 spiro atoms. The van der Waals surface area contributed by atoms with Crippen molar-refractivity contribution in [2.24, 2.45) is 0 Å². The van der Waals surface area contributed by atoms with Crippen LogP contribution in [0, 0.1) is 0 Å². The highest BCUT2D eigenvalue weighted by atomic mass is 16.3. The van der Waals surface area contributed by atoms with E-state index < -0.39 is 5.60 Å². The molecule has 0 bridgehead atoms. The highest BCUT2D eigenvalue weighted by Crippen LogP contribution is 2.21. The van der Waals surface area contributed by atoms with Gasteiger partial charge in [0, 0.05) is 19.5 Å². The standard InChI is InChI=1S/C16H25N3O2/c1-16(21)8-11-19(12-9-16)10-4-7-15(20)18-14-6-3-2-5-13(14)17/h2-3,5-6,21H,4,7-12,17H2,1H3,(H,18,20). The Hall–Kier alpha value is -1.59. The number of nitrogens with zero attached hydrogens (tertiary/aromatic N) is 1. The van der Waals surface area contributed by atoms with Gasteiger partial charge in [0.2, 0.25) is 5.91 Å². The summed E-state index contributed by atoms with van der Waals surface area (Å²) in [6.07, 6.45) is 2.92. The lowest BCUT2D eigenvalue weighted by Gasteiger charge is -2.35. The number of nitrogens with one attached hydrogen (secondary N) is 1. The molecule has 1 aromatic carbocycles. The molecule has 5 nitrogen and oxygen atoms in total. The number of nitrogen functional groups attached to an aromatic ring is 1. The maximum Gasteiger partial charge on any atom is 0.224 e. The van der Waals surface area contributed by atoms with Crippen molar-refractivity contribution in [3.8, 4) is 0 Å². The Bertz CT molecular complexity index is 478. The number of carbonyl (C=O) groups excluding carboxylic acids is 1. The summed E-state index contributed by atoms with van der Waals surface area (Å²) in [5.74, 6) is -0.00286. The quantitative estimate of drug-likeness (QED) is 0.723. The van der Waals surface area contributed by atoms with Gasteiger partial charge in [-0.1, -0.05) is 12.1 Å². The van der Waals surface area contributed by atoms with E-state index in [1.54, 1.807) is 12.1 Å². The number of rotatable bonds is 5. The van der Waals surface area contributed by atoms with E-state index in [4.69, 9.17) is 5.73 Å². The van der Waals surface area contributed by atoms with Gasteiger partial charge in [-0.3, -0.25) is 4.79 Å². The van der Waals surface area contributed by atoms with Crippen molar-refractivity contribution in [1.82, 2.24) is 4.90 Å². The Morgan fingerprint density at radius 1 is 1.38 bits per heavy atom. The summed E-state index contributed by atoms with van der Waals surface area (Å²) in [7, 11) is 0. The lowest BCUT2D eigenvalue weighted by Crippen LogP contribution is -2.42. The lowest BCUT2D eigenvalue weighted by atomic mass is 9.94. The maximum atomic E-state index is 11.9. The van der Waals surface area contributed by atoms with Crippen LogP contribution < -0.4 is 11.1 Å². The first kappa shape index (κ1) is 15.8. The minimum Gasteiger partial charge on any atom is -0.397 e. The predicted octanol–water partition coefficient (Wildman–Crippen LogP) is 1.83. The predicted molar refractivity (Wildman–Crippen MR) is 85.0 cm³/mol. The van der Waals surface area contributed by atoms with Crippen LogP contribution >= 0.6 is 0 Å². The minimum absolute atomic E-state index is 0.00286. The van der Waals surface area contributed by atoms with Gasteiger partial charge in [-0.2, -0.15) is 0 Å². The Labute approximate surface area is 126 Å². The Morgan fingerprint density at radius 3 is 2.71 bits per heavy atom. The summed E-state index contributed by atoms with van der Waals surface area (Å²) in [6.45, 7) is 4.59. The molecule has 1 saturated heterocycles. The fourth-order valence-electron chi connectivity index (χ4n) is 2.55. The van der Waals surface area contributed by atoms with Gasteiger partial charge in [-0.25, -0.2) is 0 Å². The number of para-hydroxylation sites is 2. The van der Waals surface area contributed by atoms with Crippen molar-refractivity contribution in [3.63, 3.8) is 0 Å². The molecule has 0 unspecified atom stereocenters. The van der Waals surface area contributed by atoms with Crippen LogP contribution in [0.2, 0.25) is 0 Å². The fourth-order valence-corrected chi connectivity index (χ4v) is 2.55. The highest BCUT2D eigenvalue weighted by molar-refractivity contribution is 5.93. The number of piperidine rings is 1. The van der Waals surface area contributed by atoms with Crippen LogP contribution in [0.15, 0.2) is 24.3 Å². The second kappa shape index (κ2) is 6.91. The van der Waals surface area contributed by atoms with Crippen LogP contribution in [-0.2, 0) is 4.79 Å². The van der Waals surface area contributed by atoms with E-state index in [2.05, 4.69) is 10.2 Å². The number of nitrogens with two attached hydrogens (primary N) is 1. The van der Waals surface area contributed by atoms with Crippen molar-refractivity contribution in [2.75, 3.05) is 30.7 Å². The summed E-state index contributed by atoms with van der Waals surface area (Å²) in [5.41, 5.74) is 6.54. The normalized spacial score (nSPS) is 18.4. The van der Waals surface area contributed by atoms with Crippen molar-refractivity contribution in [2.45, 2.75) is 38.2 Å². The van der Waals surface area contributed by atoms with E-state index >= 15 is 0 Å². The number of carbonyl (C=O) groups is 1. The van der Waals surface area contributed by atoms with Gasteiger partial charge in [0.15, 0.2) is 0 Å². The smallest absolute Gasteiger partial charge is 0.224 e. The molecule has 0 aliphatic carbocycles. The zero-order valence-electron chi connectivity index (χ0n) is 12.6. The molecule has 2 rings (SSSR count). The first-order valence-corrected chi connectivity index (χ1v) is 7.55. The number of benzene rings is 1. The Balaban J connectivity index is 1.67. The topological polar surface area (TPSA) is 78.6 Å². The zero-order valence-corrected chi connectivity index (χ0v) is 12.6. The lowest BCUT2D eigenvalue weighted by molar-refractivity contribution is -0.116. The van der Waals surface area contributed by atoms with E-state index in [-0.39, 0.29) is 5.91 Å². The zero-order chi connectivity index (χ0) is 15.3. The molecule has 1 fully saturated rings. The Kier molecular flexibility index (Phi) is 5.20. The Morgan fingerprint density at radius 2 is 2.05 bits per heavy atom. The third-order valence-corrected chi connectivity index (χ3v) is 4.05. The molecule has 0 atom stereocenters. The van der Waals surface area contributed by atoms with Crippen LogP contribution in [0.4, 0.5) is 11.4 Å². The van der Waals surface area contributed by atoms with Crippen LogP contribution in [0.1, 0.15) is 32.6 Å². The summed E-state index contributed by atoms with van der Waals surface area (Å²) in [6, 6.07) is 7.27. The number of amides is 1. The first-order valence-electron chi connectivity index (χ1n) is 7.55. The van der Waals surface area contributed by atoms with Gasteiger partial charge in [-0.05, 0) is 44.9 Å². The highest BCUT2D eigenvalue weighted by Gasteiger charge is 2.26. The molecular formula is C16H25N3O2. The summed E-state index contributed by atoms with van der Waals surface area (Å²) in [5, 5.41) is 12.7. The van der Waals surface area contributed by atoms with Crippen molar-refractivity contribution < 1.29 is 9.90 Å². The van der Waals surface area contributed by atoms with Gasteiger partial charge in [-0.15, -0.1) is 0 Å². The van der Waals surface area contributed by atoms with E-state index in [9.17, 15) is 9.90 Å². The van der Waals surface area contributed by atoms with Crippen molar-refractivity contribution in [1.29, 1.82) is 0 Å². The van der Waals surface area contributed by atoms with Crippen molar-refractivity contribution >= 4 is 17.3 Å². The average Bonchev–Trinajstić information content (AvgIpc) is 2.43. The van der Waals surface area contributed by atoms with Gasteiger partial charge in [0.1, 0.15) is 0 Å². The molecule has 1 heterocycles. The summed E-state index contributed by atoms with van der Waals surface area (Å²) in [4.78, 5) is 14.2. The number of anilines is 2. The molecule has 1 aromatic rings. The van der Waals surface area contributed by atoms with Crippen LogP contribution in [-0.4, -0.2) is 41.1 Å². The number of aliphatic hydroxyl groups is 1. The summed E-state index contributed by atoms with van der Waals surface area (Å²) >= 11 is 0. The van der Waals surface area contributed by atoms with Crippen LogP contribution in [0.3, 0.4) is 0 Å². The molecule has 0 saturated carbocycles. The van der Waals surface area contributed by atoms with Gasteiger partial charge >= 0.3 is 0 Å². The number of likely N-dealkylation sites (tertiary alicyclic amines) is 1. The molecule has 4 N–H and O–H groups in total. The first-order chi connectivity index (χ1) is 9.96. The van der Waals surface area contributed by atoms with E-state index in [1.165, 1.54) is 0 Å². The number of hydrogen-bond acceptors (Lipinski definition) is 4. The molecular weight excluding hydrogens is 266 g/mol. The van der Waals surface area contributed by atoms with Gasteiger partial charge < -0.3 is 21.1 Å². The van der Waals surface area contributed by atoms with E-state index in [1.807, 2.05) is 19.1 Å². The van der Waals surface area contributed by atoms with Crippen LogP contribution in [0.5, 0.6) is 0 Å². The van der Waals surface area contributed by atoms with Gasteiger partial charge in [0.25, 0.3) is 0 Å².